The predicted octanol–water partition coefficient (Wildman–Crippen LogP) is 0.360. The van der Waals surface area contributed by atoms with Crippen LogP contribution in [0.15, 0.2) is 18.3 Å². The van der Waals surface area contributed by atoms with E-state index in [-0.39, 0.29) is 0 Å². The number of rotatable bonds is 1. The highest BCUT2D eigenvalue weighted by atomic mass is 15.2. The van der Waals surface area contributed by atoms with Crippen LogP contribution >= 0.6 is 0 Å². The summed E-state index contributed by atoms with van der Waals surface area (Å²) in [4.78, 5) is 6.35. The van der Waals surface area contributed by atoms with Gasteiger partial charge in [-0.15, -0.1) is 0 Å². The van der Waals surface area contributed by atoms with Gasteiger partial charge in [-0.05, 0) is 18.1 Å². The van der Waals surface area contributed by atoms with Crippen LogP contribution in [-0.2, 0) is 6.42 Å². The van der Waals surface area contributed by atoms with E-state index in [2.05, 4.69) is 16.0 Å². The second kappa shape index (κ2) is 2.51. The summed E-state index contributed by atoms with van der Waals surface area (Å²) < 4.78 is 0. The Hall–Kier alpha value is -1.09. The van der Waals surface area contributed by atoms with Crippen molar-refractivity contribution < 1.29 is 0 Å². The molecule has 1 aromatic heterocycles. The molecular formula is C8H11N3. The Morgan fingerprint density at radius 3 is 3.36 bits per heavy atom. The molecule has 11 heavy (non-hydrogen) atoms. The second-order valence-corrected chi connectivity index (χ2v) is 2.68. The minimum absolute atomic E-state index is 0.573. The third-order valence-corrected chi connectivity index (χ3v) is 2.04. The second-order valence-electron chi connectivity index (χ2n) is 2.68. The summed E-state index contributed by atoms with van der Waals surface area (Å²) in [6, 6.07) is 4.08. The molecular weight excluding hydrogens is 138 g/mol. The molecule has 0 aliphatic carbocycles. The van der Waals surface area contributed by atoms with Crippen LogP contribution in [0, 0.1) is 0 Å². The summed E-state index contributed by atoms with van der Waals surface area (Å²) in [7, 11) is 0. The van der Waals surface area contributed by atoms with Gasteiger partial charge in [0.15, 0.2) is 0 Å². The maximum absolute atomic E-state index is 5.53. The molecule has 0 spiro atoms. The van der Waals surface area contributed by atoms with Gasteiger partial charge in [-0.1, -0.05) is 6.07 Å². The molecule has 0 aromatic carbocycles. The number of nitrogens with zero attached hydrogens (tertiary/aromatic N) is 2. The standard InChI is InChI=1S/C8H11N3/c9-6-11-5-3-7-2-1-4-10-8(7)11/h1-2,4H,3,5-6,9H2. The Morgan fingerprint density at radius 1 is 1.64 bits per heavy atom. The van der Waals surface area contributed by atoms with Crippen LogP contribution in [0.3, 0.4) is 0 Å². The first-order valence-electron chi connectivity index (χ1n) is 3.81. The van der Waals surface area contributed by atoms with Crippen LogP contribution in [0.1, 0.15) is 5.56 Å². The molecule has 0 atom stereocenters. The molecule has 0 amide bonds. The Labute approximate surface area is 65.8 Å². The lowest BCUT2D eigenvalue weighted by Crippen LogP contribution is -2.28. The van der Waals surface area contributed by atoms with E-state index >= 15 is 0 Å². The fourth-order valence-corrected chi connectivity index (χ4v) is 1.45. The molecule has 58 valence electrons. The number of anilines is 1. The Balaban J connectivity index is 2.39. The van der Waals surface area contributed by atoms with Crippen molar-refractivity contribution in [3.8, 4) is 0 Å². The molecule has 0 bridgehead atoms. The van der Waals surface area contributed by atoms with Crippen molar-refractivity contribution in [1.82, 2.24) is 4.98 Å². The van der Waals surface area contributed by atoms with Crippen LogP contribution in [0.4, 0.5) is 5.82 Å². The van der Waals surface area contributed by atoms with Crippen LogP contribution in [0.5, 0.6) is 0 Å². The average Bonchev–Trinajstić information content (AvgIpc) is 2.47. The molecule has 3 nitrogen and oxygen atoms in total. The minimum Gasteiger partial charge on any atom is -0.344 e. The summed E-state index contributed by atoms with van der Waals surface area (Å²) in [5.74, 6) is 1.06. The third kappa shape index (κ3) is 0.973. The zero-order chi connectivity index (χ0) is 7.68. The molecule has 2 heterocycles. The largest absolute Gasteiger partial charge is 0.344 e. The maximum Gasteiger partial charge on any atom is 0.132 e. The number of pyridine rings is 1. The number of fused-ring (bicyclic) bond motifs is 1. The highest BCUT2D eigenvalue weighted by Gasteiger charge is 2.17. The van der Waals surface area contributed by atoms with Gasteiger partial charge in [0.2, 0.25) is 0 Å². The summed E-state index contributed by atoms with van der Waals surface area (Å²) in [5, 5.41) is 0. The molecule has 1 aliphatic heterocycles. The van der Waals surface area contributed by atoms with Crippen molar-refractivity contribution in [2.24, 2.45) is 5.73 Å². The van der Waals surface area contributed by atoms with E-state index in [0.29, 0.717) is 6.67 Å². The quantitative estimate of drug-likeness (QED) is 0.627. The minimum atomic E-state index is 0.573. The average molecular weight is 149 g/mol. The Morgan fingerprint density at radius 2 is 2.55 bits per heavy atom. The van der Waals surface area contributed by atoms with Crippen LogP contribution in [0.2, 0.25) is 0 Å². The molecule has 3 heteroatoms. The van der Waals surface area contributed by atoms with Gasteiger partial charge in [0.05, 0.1) is 6.67 Å². The van der Waals surface area contributed by atoms with Crippen molar-refractivity contribution in [3.63, 3.8) is 0 Å². The van der Waals surface area contributed by atoms with Crippen molar-refractivity contribution in [2.45, 2.75) is 6.42 Å². The highest BCUT2D eigenvalue weighted by Crippen LogP contribution is 2.22. The topological polar surface area (TPSA) is 42.1 Å². The van der Waals surface area contributed by atoms with Crippen molar-refractivity contribution in [2.75, 3.05) is 18.1 Å². The van der Waals surface area contributed by atoms with E-state index in [1.54, 1.807) is 0 Å². The molecule has 1 aliphatic rings. The van der Waals surface area contributed by atoms with Crippen molar-refractivity contribution in [1.29, 1.82) is 0 Å². The number of hydrogen-bond acceptors (Lipinski definition) is 3. The van der Waals surface area contributed by atoms with Crippen molar-refractivity contribution in [3.05, 3.63) is 23.9 Å². The molecule has 0 fully saturated rings. The van der Waals surface area contributed by atoms with E-state index in [1.807, 2.05) is 12.3 Å². The van der Waals surface area contributed by atoms with Crippen molar-refractivity contribution >= 4 is 5.82 Å². The first kappa shape index (κ1) is 6.61. The lowest BCUT2D eigenvalue weighted by molar-refractivity contribution is 0.836. The van der Waals surface area contributed by atoms with Gasteiger partial charge in [-0.3, -0.25) is 0 Å². The van der Waals surface area contributed by atoms with E-state index in [9.17, 15) is 0 Å². The zero-order valence-corrected chi connectivity index (χ0v) is 6.33. The fraction of sp³-hybridized carbons (Fsp3) is 0.375. The molecule has 0 saturated carbocycles. The van der Waals surface area contributed by atoms with E-state index in [4.69, 9.17) is 5.73 Å². The molecule has 0 radical (unpaired) electrons. The van der Waals surface area contributed by atoms with Gasteiger partial charge in [-0.2, -0.15) is 0 Å². The van der Waals surface area contributed by atoms with Gasteiger partial charge >= 0.3 is 0 Å². The Bertz CT molecular complexity index is 259. The predicted molar refractivity (Wildman–Crippen MR) is 44.3 cm³/mol. The van der Waals surface area contributed by atoms with Gasteiger partial charge in [0.1, 0.15) is 5.82 Å². The lowest BCUT2D eigenvalue weighted by atomic mass is 10.2. The molecule has 0 unspecified atom stereocenters. The molecule has 2 rings (SSSR count). The van der Waals surface area contributed by atoms with E-state index < -0.39 is 0 Å². The smallest absolute Gasteiger partial charge is 0.132 e. The number of aromatic nitrogens is 1. The normalized spacial score (nSPS) is 15.2. The number of nitrogens with two attached hydrogens (primary N) is 1. The lowest BCUT2D eigenvalue weighted by Gasteiger charge is -2.13. The van der Waals surface area contributed by atoms with Crippen LogP contribution in [0.25, 0.3) is 0 Å². The Kier molecular flexibility index (Phi) is 1.51. The monoisotopic (exact) mass is 149 g/mol. The first-order chi connectivity index (χ1) is 5.42. The van der Waals surface area contributed by atoms with Gasteiger partial charge in [0, 0.05) is 12.7 Å². The van der Waals surface area contributed by atoms with Gasteiger partial charge < -0.3 is 10.6 Å². The fourth-order valence-electron chi connectivity index (χ4n) is 1.45. The summed E-state index contributed by atoms with van der Waals surface area (Å²) in [6.07, 6.45) is 2.90. The van der Waals surface area contributed by atoms with Crippen LogP contribution in [-0.4, -0.2) is 18.2 Å². The SMILES string of the molecule is NCN1CCc2cccnc21. The summed E-state index contributed by atoms with van der Waals surface area (Å²) in [5.41, 5.74) is 6.85. The zero-order valence-electron chi connectivity index (χ0n) is 6.33. The highest BCUT2D eigenvalue weighted by molar-refractivity contribution is 5.51. The van der Waals surface area contributed by atoms with Gasteiger partial charge in [-0.25, -0.2) is 4.98 Å². The first-order valence-corrected chi connectivity index (χ1v) is 3.81. The molecule has 0 saturated heterocycles. The van der Waals surface area contributed by atoms with Gasteiger partial charge in [0.25, 0.3) is 0 Å². The van der Waals surface area contributed by atoms with E-state index in [1.165, 1.54) is 5.56 Å². The maximum atomic E-state index is 5.53. The van der Waals surface area contributed by atoms with Crippen LogP contribution < -0.4 is 10.6 Å². The van der Waals surface area contributed by atoms with E-state index in [0.717, 1.165) is 18.8 Å². The molecule has 1 aromatic rings. The third-order valence-electron chi connectivity index (χ3n) is 2.04. The number of hydrogen-bond donors (Lipinski definition) is 1. The molecule has 2 N–H and O–H groups in total. The summed E-state index contributed by atoms with van der Waals surface area (Å²) >= 11 is 0. The summed E-state index contributed by atoms with van der Waals surface area (Å²) in [6.45, 7) is 1.59.